The van der Waals surface area contributed by atoms with E-state index in [0.717, 1.165) is 0 Å². The van der Waals surface area contributed by atoms with Gasteiger partial charge in [0.2, 0.25) is 0 Å². The maximum Gasteiger partial charge on any atom is 0.348 e. The Morgan fingerprint density at radius 1 is 1.38 bits per heavy atom. The van der Waals surface area contributed by atoms with E-state index in [2.05, 4.69) is 5.43 Å². The molecular formula is C5H7Cl2N3O3. The minimum Gasteiger partial charge on any atom is -0.477 e. The number of hydrazine groups is 1. The van der Waals surface area contributed by atoms with Crippen LogP contribution >= 0.6 is 23.2 Å². The Balaban J connectivity index is 3.99. The van der Waals surface area contributed by atoms with E-state index >= 15 is 0 Å². The lowest BCUT2D eigenvalue weighted by Crippen LogP contribution is -2.41. The van der Waals surface area contributed by atoms with Crippen LogP contribution in [-0.2, 0) is 4.79 Å². The smallest absolute Gasteiger partial charge is 0.348 e. The molecule has 0 aromatic carbocycles. The van der Waals surface area contributed by atoms with Crippen LogP contribution in [0.5, 0.6) is 0 Å². The predicted molar refractivity (Wildman–Crippen MR) is 47.1 cm³/mol. The molecule has 74 valence electrons. The highest BCUT2D eigenvalue weighted by molar-refractivity contribution is 6.47. The lowest BCUT2D eigenvalue weighted by Gasteiger charge is -2.03. The summed E-state index contributed by atoms with van der Waals surface area (Å²) in [7, 11) is 0. The number of urea groups is 1. The quantitative estimate of drug-likeness (QED) is 0.399. The summed E-state index contributed by atoms with van der Waals surface area (Å²) in [6, 6.07) is -0.809. The van der Waals surface area contributed by atoms with E-state index in [9.17, 15) is 9.59 Å². The highest BCUT2D eigenvalue weighted by Crippen LogP contribution is 2.12. The van der Waals surface area contributed by atoms with Gasteiger partial charge in [0.15, 0.2) is 0 Å². The second-order valence-electron chi connectivity index (χ2n) is 1.87. The van der Waals surface area contributed by atoms with Crippen LogP contribution in [0.3, 0.4) is 0 Å². The summed E-state index contributed by atoms with van der Waals surface area (Å²) >= 11 is 10.7. The number of nitrogens with one attached hydrogen (secondary N) is 2. The number of aliphatic carboxylic acids is 1. The largest absolute Gasteiger partial charge is 0.477 e. The molecule has 0 aliphatic carbocycles. The third kappa shape index (κ3) is 5.29. The third-order valence-electron chi connectivity index (χ3n) is 0.881. The van der Waals surface area contributed by atoms with Gasteiger partial charge in [-0.05, 0) is 0 Å². The van der Waals surface area contributed by atoms with Crippen molar-refractivity contribution in [1.29, 1.82) is 0 Å². The Bertz CT molecular complexity index is 253. The normalized spacial score (nSPS) is 11.8. The summed E-state index contributed by atoms with van der Waals surface area (Å²) < 4.78 is 0. The minimum atomic E-state index is -1.34. The van der Waals surface area contributed by atoms with Crippen LogP contribution in [-0.4, -0.2) is 23.7 Å². The number of carbonyl (C=O) groups is 2. The van der Waals surface area contributed by atoms with Crippen LogP contribution in [0.4, 0.5) is 4.79 Å². The molecule has 0 unspecified atom stereocenters. The molecule has 0 radical (unpaired) electrons. The summed E-state index contributed by atoms with van der Waals surface area (Å²) in [6.07, 6.45) is 0. The number of primary amides is 1. The lowest BCUT2D eigenvalue weighted by molar-refractivity contribution is -0.131. The molecule has 0 aromatic heterocycles. The molecule has 0 spiro atoms. The van der Waals surface area contributed by atoms with Gasteiger partial charge >= 0.3 is 12.0 Å². The summed E-state index contributed by atoms with van der Waals surface area (Å²) in [5.74, 6) is -1.34. The number of carboxylic acid groups (broad SMARTS) is 1. The van der Waals surface area contributed by atoms with Gasteiger partial charge in [0.05, 0.1) is 11.6 Å². The number of halogens is 2. The Labute approximate surface area is 83.6 Å². The lowest BCUT2D eigenvalue weighted by atomic mass is 10.5. The molecule has 13 heavy (non-hydrogen) atoms. The number of carbonyl (C=O) groups excluding carboxylic acids is 1. The molecule has 0 aromatic rings. The van der Waals surface area contributed by atoms with Crippen LogP contribution in [0.25, 0.3) is 0 Å². The zero-order valence-corrected chi connectivity index (χ0v) is 7.82. The average molecular weight is 228 g/mol. The molecule has 0 aliphatic heterocycles. The van der Waals surface area contributed by atoms with E-state index in [4.69, 9.17) is 34.0 Å². The third-order valence-corrected chi connectivity index (χ3v) is 1.69. The van der Waals surface area contributed by atoms with Crippen molar-refractivity contribution >= 4 is 35.2 Å². The second kappa shape index (κ2) is 5.63. The average Bonchev–Trinajstić information content (AvgIpc) is 2.02. The van der Waals surface area contributed by atoms with Gasteiger partial charge < -0.3 is 10.8 Å². The molecule has 0 atom stereocenters. The first kappa shape index (κ1) is 12.0. The van der Waals surface area contributed by atoms with E-state index in [-0.39, 0.29) is 11.6 Å². The standard InChI is InChI=1S/C5H7Cl2N3O3/c6-2(3(7)4(11)12)1-9-10-5(8)13/h9H,1H2,(H,11,12)(H3,8,10,13)/b3-2-. The Morgan fingerprint density at radius 3 is 2.31 bits per heavy atom. The number of carboxylic acids is 1. The number of hydrogen-bond acceptors (Lipinski definition) is 3. The fraction of sp³-hybridized carbons (Fsp3) is 0.200. The molecule has 0 saturated carbocycles. The monoisotopic (exact) mass is 227 g/mol. The minimum absolute atomic E-state index is 0.115. The van der Waals surface area contributed by atoms with E-state index < -0.39 is 17.0 Å². The van der Waals surface area contributed by atoms with E-state index in [1.807, 2.05) is 5.43 Å². The van der Waals surface area contributed by atoms with E-state index in [1.54, 1.807) is 0 Å². The van der Waals surface area contributed by atoms with Crippen LogP contribution in [0.1, 0.15) is 0 Å². The SMILES string of the molecule is NC(=O)NNC/C(Cl)=C(/Cl)C(=O)O. The summed E-state index contributed by atoms with van der Waals surface area (Å²) in [6.45, 7) is -0.115. The van der Waals surface area contributed by atoms with Crippen molar-refractivity contribution in [3.05, 3.63) is 10.1 Å². The van der Waals surface area contributed by atoms with E-state index in [1.165, 1.54) is 0 Å². The van der Waals surface area contributed by atoms with Crippen LogP contribution in [0.2, 0.25) is 0 Å². The maximum absolute atomic E-state index is 10.2. The second-order valence-corrected chi connectivity index (χ2v) is 2.70. The Kier molecular flexibility index (Phi) is 5.20. The fourth-order valence-electron chi connectivity index (χ4n) is 0.403. The molecule has 0 heterocycles. The molecule has 8 heteroatoms. The molecule has 0 rings (SSSR count). The molecular weight excluding hydrogens is 221 g/mol. The van der Waals surface area contributed by atoms with Crippen molar-refractivity contribution in [3.63, 3.8) is 0 Å². The first-order valence-corrected chi connectivity index (χ1v) is 3.76. The highest BCUT2D eigenvalue weighted by atomic mass is 35.5. The Morgan fingerprint density at radius 2 is 1.92 bits per heavy atom. The number of rotatable bonds is 4. The molecule has 0 aliphatic rings. The predicted octanol–water partition coefficient (Wildman–Crippen LogP) is -0.0669. The molecule has 0 saturated heterocycles. The topological polar surface area (TPSA) is 104 Å². The van der Waals surface area contributed by atoms with Crippen LogP contribution < -0.4 is 16.6 Å². The van der Waals surface area contributed by atoms with Gasteiger partial charge in [-0.25, -0.2) is 15.0 Å². The first-order valence-electron chi connectivity index (χ1n) is 3.01. The van der Waals surface area contributed by atoms with Crippen LogP contribution in [0, 0.1) is 0 Å². The fourth-order valence-corrected chi connectivity index (χ4v) is 0.617. The number of hydrogen-bond donors (Lipinski definition) is 4. The van der Waals surface area contributed by atoms with Gasteiger partial charge in [0.25, 0.3) is 0 Å². The summed E-state index contributed by atoms with van der Waals surface area (Å²) in [5.41, 5.74) is 8.94. The van der Waals surface area contributed by atoms with Crippen molar-refractivity contribution in [1.82, 2.24) is 10.9 Å². The van der Waals surface area contributed by atoms with Crippen molar-refractivity contribution in [3.8, 4) is 0 Å². The van der Waals surface area contributed by atoms with Gasteiger partial charge in [0, 0.05) is 0 Å². The van der Waals surface area contributed by atoms with Crippen molar-refractivity contribution in [2.45, 2.75) is 0 Å². The summed E-state index contributed by atoms with van der Waals surface area (Å²) in [5, 5.41) is 7.70. The highest BCUT2D eigenvalue weighted by Gasteiger charge is 2.09. The molecule has 0 bridgehead atoms. The van der Waals surface area contributed by atoms with Gasteiger partial charge in [-0.2, -0.15) is 0 Å². The molecule has 6 nitrogen and oxygen atoms in total. The van der Waals surface area contributed by atoms with Crippen molar-refractivity contribution in [2.75, 3.05) is 6.54 Å². The Hall–Kier alpha value is -0.980. The van der Waals surface area contributed by atoms with Gasteiger partial charge in [0.1, 0.15) is 5.03 Å². The zero-order valence-electron chi connectivity index (χ0n) is 6.30. The van der Waals surface area contributed by atoms with E-state index in [0.29, 0.717) is 0 Å². The zero-order chi connectivity index (χ0) is 10.4. The summed E-state index contributed by atoms with van der Waals surface area (Å²) in [4.78, 5) is 20.3. The maximum atomic E-state index is 10.2. The molecule has 5 N–H and O–H groups in total. The number of amides is 2. The number of nitrogens with two attached hydrogens (primary N) is 1. The first-order chi connectivity index (χ1) is 5.95. The van der Waals surface area contributed by atoms with Gasteiger partial charge in [-0.3, -0.25) is 5.43 Å². The van der Waals surface area contributed by atoms with Gasteiger partial charge in [-0.1, -0.05) is 23.2 Å². The molecule has 0 fully saturated rings. The van der Waals surface area contributed by atoms with Gasteiger partial charge in [-0.15, -0.1) is 0 Å². The van der Waals surface area contributed by atoms with Crippen molar-refractivity contribution < 1.29 is 14.7 Å². The van der Waals surface area contributed by atoms with Crippen LogP contribution in [0.15, 0.2) is 10.1 Å². The molecule has 2 amide bonds. The van der Waals surface area contributed by atoms with Crippen molar-refractivity contribution in [2.24, 2.45) is 5.73 Å².